The van der Waals surface area contributed by atoms with Crippen LogP contribution in [0.4, 0.5) is 5.69 Å². The number of halogens is 2. The first-order valence-corrected chi connectivity index (χ1v) is 10.9. The Morgan fingerprint density at radius 1 is 1.32 bits per heavy atom. The fourth-order valence-corrected chi connectivity index (χ4v) is 4.22. The second-order valence-electron chi connectivity index (χ2n) is 6.33. The summed E-state index contributed by atoms with van der Waals surface area (Å²) in [5, 5.41) is 16.1. The minimum Gasteiger partial charge on any atom is -0.495 e. The Bertz CT molecular complexity index is 1420. The molecule has 4 rings (SSSR count). The topological polar surface area (TPSA) is 88.2 Å². The van der Waals surface area contributed by atoms with Crippen LogP contribution in [0.1, 0.15) is 5.01 Å². The van der Waals surface area contributed by atoms with Crippen LogP contribution in [-0.2, 0) is 0 Å². The molecule has 154 valence electrons. The average Bonchev–Trinajstić information content (AvgIpc) is 3.24. The summed E-state index contributed by atoms with van der Waals surface area (Å²) in [6, 6.07) is 14.4. The number of ether oxygens (including phenoxy) is 1. The van der Waals surface area contributed by atoms with E-state index in [0.29, 0.717) is 43.9 Å². The van der Waals surface area contributed by atoms with E-state index in [1.54, 1.807) is 48.9 Å². The fourth-order valence-electron chi connectivity index (χ4n) is 2.88. The van der Waals surface area contributed by atoms with Crippen LogP contribution in [0.25, 0.3) is 27.8 Å². The quantitative estimate of drug-likeness (QED) is 0.248. The first kappa shape index (κ1) is 21.1. The van der Waals surface area contributed by atoms with Crippen LogP contribution >= 0.6 is 38.9 Å². The highest BCUT2D eigenvalue weighted by atomic mass is 79.9. The number of nitrogens with one attached hydrogen (secondary N) is 1. The molecule has 0 radical (unpaired) electrons. The molecular weight excluding hydrogens is 502 g/mol. The minimum absolute atomic E-state index is 0.297. The highest BCUT2D eigenvalue weighted by Gasteiger charge is 2.14. The molecule has 9 heteroatoms. The van der Waals surface area contributed by atoms with Crippen molar-refractivity contribution >= 4 is 61.1 Å². The monoisotopic (exact) mass is 513 g/mol. The maximum absolute atomic E-state index is 12.4. The molecule has 4 aromatic rings. The molecule has 31 heavy (non-hydrogen) atoms. The van der Waals surface area contributed by atoms with Gasteiger partial charge >= 0.3 is 5.63 Å². The van der Waals surface area contributed by atoms with E-state index in [2.05, 4.69) is 32.3 Å². The van der Waals surface area contributed by atoms with Crippen LogP contribution < -0.4 is 15.7 Å². The van der Waals surface area contributed by atoms with Gasteiger partial charge in [0.15, 0.2) is 0 Å². The van der Waals surface area contributed by atoms with Gasteiger partial charge in [0, 0.05) is 26.5 Å². The largest absolute Gasteiger partial charge is 0.495 e. The van der Waals surface area contributed by atoms with Crippen molar-refractivity contribution in [2.75, 3.05) is 12.4 Å². The van der Waals surface area contributed by atoms with E-state index in [0.717, 1.165) is 9.86 Å². The van der Waals surface area contributed by atoms with Crippen molar-refractivity contribution in [3.05, 3.63) is 79.0 Å². The molecule has 0 aliphatic heterocycles. The van der Waals surface area contributed by atoms with Crippen molar-refractivity contribution in [3.8, 4) is 23.1 Å². The van der Waals surface area contributed by atoms with Crippen LogP contribution in [0.15, 0.2) is 67.7 Å². The molecule has 2 aromatic carbocycles. The molecule has 0 spiro atoms. The number of benzene rings is 2. The lowest BCUT2D eigenvalue weighted by Gasteiger charge is -2.08. The van der Waals surface area contributed by atoms with Crippen LogP contribution in [0, 0.1) is 11.3 Å². The van der Waals surface area contributed by atoms with E-state index >= 15 is 0 Å². The number of hydrogen-bond donors (Lipinski definition) is 1. The molecule has 0 aliphatic rings. The van der Waals surface area contributed by atoms with Crippen molar-refractivity contribution in [2.45, 2.75) is 0 Å². The van der Waals surface area contributed by atoms with Gasteiger partial charge in [-0.25, -0.2) is 9.78 Å². The molecule has 0 amide bonds. The van der Waals surface area contributed by atoms with Crippen molar-refractivity contribution in [1.29, 1.82) is 5.26 Å². The van der Waals surface area contributed by atoms with Crippen molar-refractivity contribution in [3.63, 3.8) is 0 Å². The molecule has 0 aliphatic carbocycles. The van der Waals surface area contributed by atoms with E-state index in [1.807, 2.05) is 6.07 Å². The second kappa shape index (κ2) is 8.94. The summed E-state index contributed by atoms with van der Waals surface area (Å²) in [4.78, 5) is 16.9. The fraction of sp³-hybridized carbons (Fsp3) is 0.0455. The smallest absolute Gasteiger partial charge is 0.345 e. The molecule has 0 fully saturated rings. The summed E-state index contributed by atoms with van der Waals surface area (Å²) in [6.45, 7) is 0. The summed E-state index contributed by atoms with van der Waals surface area (Å²) in [7, 11) is 1.55. The number of anilines is 1. The third kappa shape index (κ3) is 4.49. The van der Waals surface area contributed by atoms with Crippen molar-refractivity contribution in [2.24, 2.45) is 0 Å². The van der Waals surface area contributed by atoms with Crippen molar-refractivity contribution in [1.82, 2.24) is 4.98 Å². The zero-order chi connectivity index (χ0) is 22.0. The Morgan fingerprint density at radius 3 is 2.94 bits per heavy atom. The van der Waals surface area contributed by atoms with Gasteiger partial charge in [-0.3, -0.25) is 0 Å². The van der Waals surface area contributed by atoms with Gasteiger partial charge in [-0.15, -0.1) is 11.3 Å². The van der Waals surface area contributed by atoms with E-state index in [1.165, 1.54) is 17.5 Å². The standard InChI is InChI=1S/C22H13BrClN3O3S/c1-29-20-5-3-15(24)8-17(20)26-10-13(9-25)21-27-18(11-31-21)16-7-12-6-14(23)2-4-19(12)30-22(16)28/h2-8,10-11,26H,1H3/b13-10-. The summed E-state index contributed by atoms with van der Waals surface area (Å²) in [5.74, 6) is 0.581. The lowest BCUT2D eigenvalue weighted by Crippen LogP contribution is -2.03. The normalized spacial score (nSPS) is 11.4. The van der Waals surface area contributed by atoms with Gasteiger partial charge in [0.1, 0.15) is 28.0 Å². The number of allylic oxidation sites excluding steroid dienone is 1. The number of hydrogen-bond acceptors (Lipinski definition) is 7. The molecule has 0 saturated heterocycles. The highest BCUT2D eigenvalue weighted by Crippen LogP contribution is 2.30. The van der Waals surface area contributed by atoms with E-state index in [-0.39, 0.29) is 0 Å². The second-order valence-corrected chi connectivity index (χ2v) is 8.54. The van der Waals surface area contributed by atoms with Gasteiger partial charge in [0.05, 0.1) is 24.1 Å². The molecule has 0 unspecified atom stereocenters. The number of aromatic nitrogens is 1. The van der Waals surface area contributed by atoms with Crippen LogP contribution in [0.5, 0.6) is 5.75 Å². The summed E-state index contributed by atoms with van der Waals surface area (Å²) >= 11 is 10.7. The molecule has 6 nitrogen and oxygen atoms in total. The van der Waals surface area contributed by atoms with Gasteiger partial charge in [0.25, 0.3) is 0 Å². The first-order valence-electron chi connectivity index (χ1n) is 8.88. The van der Waals surface area contributed by atoms with Gasteiger partial charge in [0.2, 0.25) is 0 Å². The lowest BCUT2D eigenvalue weighted by atomic mass is 10.1. The summed E-state index contributed by atoms with van der Waals surface area (Å²) in [5.41, 5.74) is 1.68. The van der Waals surface area contributed by atoms with Crippen molar-refractivity contribution < 1.29 is 9.15 Å². The van der Waals surface area contributed by atoms with Gasteiger partial charge in [-0.05, 0) is 42.5 Å². The van der Waals surface area contributed by atoms with Gasteiger partial charge in [-0.2, -0.15) is 5.26 Å². The first-order chi connectivity index (χ1) is 15.0. The SMILES string of the molecule is COc1ccc(Cl)cc1N/C=C(/C#N)c1nc(-c2cc3cc(Br)ccc3oc2=O)cs1. The molecule has 2 aromatic heterocycles. The molecular formula is C22H13BrClN3O3S. The maximum Gasteiger partial charge on any atom is 0.345 e. The number of thiazole rings is 1. The third-order valence-corrected chi connectivity index (χ3v) is 5.96. The van der Waals surface area contributed by atoms with Gasteiger partial charge < -0.3 is 14.5 Å². The Hall–Kier alpha value is -3.12. The zero-order valence-electron chi connectivity index (χ0n) is 16.0. The van der Waals surface area contributed by atoms with Crippen LogP contribution in [-0.4, -0.2) is 12.1 Å². The number of fused-ring (bicyclic) bond motifs is 1. The Labute approximate surface area is 194 Å². The summed E-state index contributed by atoms with van der Waals surface area (Å²) in [6.07, 6.45) is 1.52. The summed E-state index contributed by atoms with van der Waals surface area (Å²) < 4.78 is 11.6. The lowest BCUT2D eigenvalue weighted by molar-refractivity contribution is 0.417. The van der Waals surface area contributed by atoms with Crippen LogP contribution in [0.3, 0.4) is 0 Å². The predicted octanol–water partition coefficient (Wildman–Crippen LogP) is 6.32. The number of nitrogens with zero attached hydrogens (tertiary/aromatic N) is 2. The molecule has 2 heterocycles. The zero-order valence-corrected chi connectivity index (χ0v) is 19.1. The third-order valence-electron chi connectivity index (χ3n) is 4.36. The Balaban J connectivity index is 1.68. The average molecular weight is 515 g/mol. The van der Waals surface area contributed by atoms with E-state index < -0.39 is 5.63 Å². The molecule has 0 saturated carbocycles. The minimum atomic E-state index is -0.490. The number of methoxy groups -OCH3 is 1. The molecule has 0 atom stereocenters. The van der Waals surface area contributed by atoms with Crippen LogP contribution in [0.2, 0.25) is 5.02 Å². The van der Waals surface area contributed by atoms with E-state index in [4.69, 9.17) is 20.8 Å². The molecule has 0 bridgehead atoms. The predicted molar refractivity (Wildman–Crippen MR) is 127 cm³/mol. The van der Waals surface area contributed by atoms with Gasteiger partial charge in [-0.1, -0.05) is 27.5 Å². The maximum atomic E-state index is 12.4. The molecule has 1 N–H and O–H groups in total. The Kier molecular flexibility index (Phi) is 6.09. The number of nitriles is 1. The highest BCUT2D eigenvalue weighted by molar-refractivity contribution is 9.10. The Morgan fingerprint density at radius 2 is 2.16 bits per heavy atom. The number of rotatable bonds is 5. The van der Waals surface area contributed by atoms with E-state index in [9.17, 15) is 10.1 Å².